The molecule has 0 unspecified atom stereocenters. The van der Waals surface area contributed by atoms with Crippen LogP contribution in [-0.2, 0) is 16.6 Å². The van der Waals surface area contributed by atoms with Gasteiger partial charge in [-0.15, -0.1) is 0 Å². The molecule has 132 valence electrons. The minimum Gasteiger partial charge on any atom is -0.337 e. The molecule has 2 aromatic rings. The van der Waals surface area contributed by atoms with E-state index in [1.807, 2.05) is 18.2 Å². The topological polar surface area (TPSA) is 57.7 Å². The Bertz CT molecular complexity index is 881. The van der Waals surface area contributed by atoms with Crippen LogP contribution in [0.5, 0.6) is 0 Å². The molecule has 3 rings (SSSR count). The molecular formula is C18H19ClN2O3S. The molecule has 25 heavy (non-hydrogen) atoms. The van der Waals surface area contributed by atoms with Crippen LogP contribution in [0.1, 0.15) is 22.3 Å². The molecule has 0 N–H and O–H groups in total. The smallest absolute Gasteiger partial charge is 0.253 e. The second-order valence-corrected chi connectivity index (χ2v) is 8.46. The molecule has 0 radical (unpaired) electrons. The molecule has 7 heteroatoms. The standard InChI is InChI=1S/C18H19ClN2O3S/c1-20(13-15-5-2-3-6-17(15)19)18(22)14-7-9-16(10-8-14)21-11-4-12-25(21,23)24/h2-3,5-10H,4,11-13H2,1H3. The summed E-state index contributed by atoms with van der Waals surface area (Å²) < 4.78 is 25.3. The van der Waals surface area contributed by atoms with E-state index < -0.39 is 10.0 Å². The Morgan fingerprint density at radius 1 is 1.16 bits per heavy atom. The summed E-state index contributed by atoms with van der Waals surface area (Å²) in [5.41, 5.74) is 1.98. The molecule has 0 aromatic heterocycles. The first-order valence-corrected chi connectivity index (χ1v) is 9.96. The molecule has 0 atom stereocenters. The van der Waals surface area contributed by atoms with Gasteiger partial charge in [-0.05, 0) is 42.3 Å². The molecule has 0 saturated carbocycles. The van der Waals surface area contributed by atoms with E-state index in [0.29, 0.717) is 35.8 Å². The molecule has 1 saturated heterocycles. The number of rotatable bonds is 4. The summed E-state index contributed by atoms with van der Waals surface area (Å²) in [6.07, 6.45) is 0.629. The van der Waals surface area contributed by atoms with Gasteiger partial charge in [-0.1, -0.05) is 29.8 Å². The number of hydrogen-bond acceptors (Lipinski definition) is 3. The number of benzene rings is 2. The number of nitrogens with zero attached hydrogens (tertiary/aromatic N) is 2. The zero-order valence-corrected chi connectivity index (χ0v) is 15.4. The van der Waals surface area contributed by atoms with Crippen molar-refractivity contribution in [2.45, 2.75) is 13.0 Å². The predicted octanol–water partition coefficient (Wildman–Crippen LogP) is 3.15. The molecule has 1 fully saturated rings. The lowest BCUT2D eigenvalue weighted by Crippen LogP contribution is -2.27. The van der Waals surface area contributed by atoms with Crippen LogP contribution >= 0.6 is 11.6 Å². The van der Waals surface area contributed by atoms with Crippen LogP contribution in [0, 0.1) is 0 Å². The lowest BCUT2D eigenvalue weighted by Gasteiger charge is -2.20. The Morgan fingerprint density at radius 2 is 1.84 bits per heavy atom. The first-order valence-electron chi connectivity index (χ1n) is 7.98. The molecule has 5 nitrogen and oxygen atoms in total. The van der Waals surface area contributed by atoms with Crippen LogP contribution in [0.4, 0.5) is 5.69 Å². The Hall–Kier alpha value is -2.05. The minimum atomic E-state index is -3.21. The van der Waals surface area contributed by atoms with Crippen LogP contribution in [0.2, 0.25) is 5.02 Å². The predicted molar refractivity (Wildman–Crippen MR) is 99.4 cm³/mol. The Morgan fingerprint density at radius 3 is 2.44 bits per heavy atom. The molecule has 1 aliphatic heterocycles. The van der Waals surface area contributed by atoms with Crippen LogP contribution in [-0.4, -0.2) is 38.6 Å². The fourth-order valence-electron chi connectivity index (χ4n) is 2.87. The maximum atomic E-state index is 12.6. The molecular weight excluding hydrogens is 360 g/mol. The summed E-state index contributed by atoms with van der Waals surface area (Å²) in [6, 6.07) is 14.1. The lowest BCUT2D eigenvalue weighted by atomic mass is 10.1. The average molecular weight is 379 g/mol. The summed E-state index contributed by atoms with van der Waals surface area (Å²) in [5, 5.41) is 0.622. The number of amides is 1. The zero-order valence-electron chi connectivity index (χ0n) is 13.9. The number of halogens is 1. The van der Waals surface area contributed by atoms with E-state index >= 15 is 0 Å². The van der Waals surface area contributed by atoms with E-state index in [4.69, 9.17) is 11.6 Å². The fraction of sp³-hybridized carbons (Fsp3) is 0.278. The number of sulfonamides is 1. The van der Waals surface area contributed by atoms with E-state index in [-0.39, 0.29) is 11.7 Å². The van der Waals surface area contributed by atoms with Gasteiger partial charge in [0.05, 0.1) is 11.4 Å². The Kier molecular flexibility index (Phi) is 5.01. The number of anilines is 1. The quantitative estimate of drug-likeness (QED) is 0.821. The van der Waals surface area contributed by atoms with Crippen molar-refractivity contribution in [2.75, 3.05) is 23.7 Å². The van der Waals surface area contributed by atoms with Crippen molar-refractivity contribution in [3.63, 3.8) is 0 Å². The second kappa shape index (κ2) is 7.06. The van der Waals surface area contributed by atoms with Gasteiger partial charge in [0, 0.05) is 30.7 Å². The highest BCUT2D eigenvalue weighted by atomic mass is 35.5. The van der Waals surface area contributed by atoms with Gasteiger partial charge in [0.15, 0.2) is 0 Å². The first kappa shape index (κ1) is 17.8. The van der Waals surface area contributed by atoms with Crippen molar-refractivity contribution < 1.29 is 13.2 Å². The van der Waals surface area contributed by atoms with E-state index in [2.05, 4.69) is 0 Å². The summed E-state index contributed by atoms with van der Waals surface area (Å²) in [6.45, 7) is 0.892. The van der Waals surface area contributed by atoms with Crippen LogP contribution in [0.15, 0.2) is 48.5 Å². The van der Waals surface area contributed by atoms with E-state index in [1.165, 1.54) is 4.31 Å². The van der Waals surface area contributed by atoms with Gasteiger partial charge in [0.25, 0.3) is 5.91 Å². The molecule has 0 aliphatic carbocycles. The number of carbonyl (C=O) groups is 1. The molecule has 1 aliphatic rings. The summed E-state index contributed by atoms with van der Waals surface area (Å²) in [7, 11) is -1.50. The SMILES string of the molecule is CN(Cc1ccccc1Cl)C(=O)c1ccc(N2CCCS2(=O)=O)cc1. The monoisotopic (exact) mass is 378 g/mol. The zero-order chi connectivity index (χ0) is 18.0. The Labute approximate surface area is 152 Å². The number of carbonyl (C=O) groups excluding carboxylic acids is 1. The van der Waals surface area contributed by atoms with Crippen molar-refractivity contribution >= 4 is 33.2 Å². The van der Waals surface area contributed by atoms with Gasteiger partial charge in [0.1, 0.15) is 0 Å². The summed E-state index contributed by atoms with van der Waals surface area (Å²) in [4.78, 5) is 14.2. The molecule has 2 aromatic carbocycles. The third-order valence-corrected chi connectivity index (χ3v) is 6.45. The molecule has 0 spiro atoms. The van der Waals surface area contributed by atoms with Crippen molar-refractivity contribution in [2.24, 2.45) is 0 Å². The highest BCUT2D eigenvalue weighted by Crippen LogP contribution is 2.24. The van der Waals surface area contributed by atoms with E-state index in [1.54, 1.807) is 42.3 Å². The summed E-state index contributed by atoms with van der Waals surface area (Å²) >= 11 is 6.14. The van der Waals surface area contributed by atoms with Crippen molar-refractivity contribution in [1.29, 1.82) is 0 Å². The van der Waals surface area contributed by atoms with Gasteiger partial charge in [-0.2, -0.15) is 0 Å². The van der Waals surface area contributed by atoms with Gasteiger partial charge in [-0.3, -0.25) is 9.10 Å². The fourth-order valence-corrected chi connectivity index (χ4v) is 4.63. The maximum Gasteiger partial charge on any atom is 0.253 e. The largest absolute Gasteiger partial charge is 0.337 e. The van der Waals surface area contributed by atoms with E-state index in [0.717, 1.165) is 5.56 Å². The minimum absolute atomic E-state index is 0.143. The highest BCUT2D eigenvalue weighted by Gasteiger charge is 2.28. The third kappa shape index (κ3) is 3.80. The highest BCUT2D eigenvalue weighted by molar-refractivity contribution is 7.93. The van der Waals surface area contributed by atoms with Gasteiger partial charge >= 0.3 is 0 Å². The van der Waals surface area contributed by atoms with Crippen LogP contribution < -0.4 is 4.31 Å². The van der Waals surface area contributed by atoms with Crippen molar-refractivity contribution in [1.82, 2.24) is 4.90 Å². The first-order chi connectivity index (χ1) is 11.9. The van der Waals surface area contributed by atoms with Crippen LogP contribution in [0.25, 0.3) is 0 Å². The maximum absolute atomic E-state index is 12.6. The van der Waals surface area contributed by atoms with Gasteiger partial charge < -0.3 is 4.90 Å². The van der Waals surface area contributed by atoms with Gasteiger partial charge in [-0.25, -0.2) is 8.42 Å². The lowest BCUT2D eigenvalue weighted by molar-refractivity contribution is 0.0785. The van der Waals surface area contributed by atoms with Gasteiger partial charge in [0.2, 0.25) is 10.0 Å². The molecule has 1 heterocycles. The molecule has 1 amide bonds. The number of hydrogen-bond donors (Lipinski definition) is 0. The van der Waals surface area contributed by atoms with Crippen LogP contribution in [0.3, 0.4) is 0 Å². The Balaban J connectivity index is 1.73. The van der Waals surface area contributed by atoms with Crippen molar-refractivity contribution in [3.8, 4) is 0 Å². The average Bonchev–Trinajstić information content (AvgIpc) is 2.95. The third-order valence-electron chi connectivity index (χ3n) is 4.21. The van der Waals surface area contributed by atoms with Crippen molar-refractivity contribution in [3.05, 3.63) is 64.7 Å². The normalized spacial score (nSPS) is 16.0. The second-order valence-electron chi connectivity index (χ2n) is 6.04. The van der Waals surface area contributed by atoms with E-state index in [9.17, 15) is 13.2 Å². The summed E-state index contributed by atoms with van der Waals surface area (Å²) in [5.74, 6) is 0.0320. The molecule has 0 bridgehead atoms.